The van der Waals surface area contributed by atoms with Gasteiger partial charge >= 0.3 is 6.18 Å². The predicted octanol–water partition coefficient (Wildman–Crippen LogP) is 3.27. The van der Waals surface area contributed by atoms with Crippen LogP contribution in [-0.4, -0.2) is 24.4 Å². The third-order valence-electron chi connectivity index (χ3n) is 2.54. The fourth-order valence-electron chi connectivity index (χ4n) is 1.80. The Morgan fingerprint density at radius 2 is 1.94 bits per heavy atom. The van der Waals surface area contributed by atoms with Crippen LogP contribution in [0, 0.1) is 5.82 Å². The van der Waals surface area contributed by atoms with Crippen LogP contribution in [0.1, 0.15) is 25.5 Å². The van der Waals surface area contributed by atoms with Crippen molar-refractivity contribution < 1.29 is 22.7 Å². The van der Waals surface area contributed by atoms with Crippen LogP contribution in [-0.2, 0) is 0 Å². The van der Waals surface area contributed by atoms with Crippen LogP contribution in [0.25, 0.3) is 0 Å². The van der Waals surface area contributed by atoms with Crippen molar-refractivity contribution in [3.05, 3.63) is 29.6 Å². The molecule has 1 N–H and O–H groups in total. The van der Waals surface area contributed by atoms with Gasteiger partial charge in [0.25, 0.3) is 0 Å². The van der Waals surface area contributed by atoms with Gasteiger partial charge in [-0.3, -0.25) is 0 Å². The van der Waals surface area contributed by atoms with Gasteiger partial charge in [0, 0.05) is 17.8 Å². The topological polar surface area (TPSA) is 23.5 Å². The van der Waals surface area contributed by atoms with E-state index in [1.807, 2.05) is 0 Å². The van der Waals surface area contributed by atoms with Gasteiger partial charge < -0.3 is 10.0 Å². The van der Waals surface area contributed by atoms with Gasteiger partial charge in [-0.2, -0.15) is 13.2 Å². The third kappa shape index (κ3) is 3.60. The summed E-state index contributed by atoms with van der Waals surface area (Å²) in [7, 11) is 0. The highest BCUT2D eigenvalue weighted by Crippen LogP contribution is 2.30. The van der Waals surface area contributed by atoms with Gasteiger partial charge in [-0.05, 0) is 26.0 Å². The maximum atomic E-state index is 13.6. The van der Waals surface area contributed by atoms with Crippen LogP contribution in [0.3, 0.4) is 0 Å². The number of rotatable bonds is 4. The van der Waals surface area contributed by atoms with Crippen molar-refractivity contribution in [2.24, 2.45) is 0 Å². The number of hydrogen-bond acceptors (Lipinski definition) is 2. The number of aliphatic hydroxyl groups excluding tert-OH is 1. The van der Waals surface area contributed by atoms with E-state index in [-0.39, 0.29) is 17.8 Å². The van der Waals surface area contributed by atoms with E-state index < -0.39 is 24.6 Å². The third-order valence-corrected chi connectivity index (χ3v) is 2.54. The molecule has 0 saturated heterocycles. The average Bonchev–Trinajstić information content (AvgIpc) is 2.23. The minimum absolute atomic E-state index is 0.0721. The summed E-state index contributed by atoms with van der Waals surface area (Å²) in [5.74, 6) is -0.705. The van der Waals surface area contributed by atoms with E-state index in [1.54, 1.807) is 6.92 Å². The average molecular weight is 265 g/mol. The van der Waals surface area contributed by atoms with Crippen LogP contribution in [0.15, 0.2) is 18.2 Å². The molecule has 0 aliphatic heterocycles. The summed E-state index contributed by atoms with van der Waals surface area (Å²) in [5, 5.41) is 9.48. The molecule has 1 aromatic rings. The highest BCUT2D eigenvalue weighted by molar-refractivity contribution is 5.55. The number of alkyl halides is 3. The molecule has 102 valence electrons. The molecule has 18 heavy (non-hydrogen) atoms. The Bertz CT molecular complexity index is 404. The molecule has 1 atom stereocenters. The Morgan fingerprint density at radius 3 is 2.39 bits per heavy atom. The highest BCUT2D eigenvalue weighted by atomic mass is 19.4. The molecular formula is C12H15F4NO. The number of anilines is 1. The number of benzene rings is 1. The highest BCUT2D eigenvalue weighted by Gasteiger charge is 2.31. The first kappa shape index (κ1) is 14.8. The molecule has 0 amide bonds. The lowest BCUT2D eigenvalue weighted by molar-refractivity contribution is -0.119. The number of aliphatic hydroxyl groups is 1. The second kappa shape index (κ2) is 5.56. The van der Waals surface area contributed by atoms with Gasteiger partial charge in [-0.25, -0.2) is 4.39 Å². The van der Waals surface area contributed by atoms with Crippen LogP contribution in [0.5, 0.6) is 0 Å². The molecular weight excluding hydrogens is 250 g/mol. The van der Waals surface area contributed by atoms with Gasteiger partial charge in [-0.15, -0.1) is 0 Å². The molecule has 6 heteroatoms. The number of halogens is 4. The van der Waals surface area contributed by atoms with Crippen LogP contribution in [0.2, 0.25) is 0 Å². The molecule has 0 unspecified atom stereocenters. The van der Waals surface area contributed by atoms with Crippen molar-refractivity contribution >= 4 is 5.69 Å². The molecule has 1 rings (SSSR count). The Hall–Kier alpha value is -1.30. The molecule has 0 spiro atoms. The monoisotopic (exact) mass is 265 g/mol. The molecule has 0 aliphatic carbocycles. The van der Waals surface area contributed by atoms with Crippen molar-refractivity contribution in [3.63, 3.8) is 0 Å². The molecule has 0 bridgehead atoms. The number of nitrogens with zero attached hydrogens (tertiary/aromatic N) is 1. The van der Waals surface area contributed by atoms with Crippen molar-refractivity contribution in [3.8, 4) is 0 Å². The second-order valence-electron chi connectivity index (χ2n) is 3.98. The molecule has 0 fully saturated rings. The summed E-state index contributed by atoms with van der Waals surface area (Å²) in [6.45, 7) is 1.77. The van der Waals surface area contributed by atoms with Crippen molar-refractivity contribution in [2.45, 2.75) is 26.1 Å². The Morgan fingerprint density at radius 1 is 1.33 bits per heavy atom. The zero-order valence-electron chi connectivity index (χ0n) is 10.1. The summed E-state index contributed by atoms with van der Waals surface area (Å²) < 4.78 is 50.8. The van der Waals surface area contributed by atoms with Gasteiger partial charge in [0.05, 0.1) is 6.10 Å². The van der Waals surface area contributed by atoms with E-state index in [9.17, 15) is 22.7 Å². The van der Waals surface area contributed by atoms with E-state index in [4.69, 9.17) is 0 Å². The maximum absolute atomic E-state index is 13.6. The quantitative estimate of drug-likeness (QED) is 0.845. The summed E-state index contributed by atoms with van der Waals surface area (Å²) >= 11 is 0. The Kier molecular flexibility index (Phi) is 4.56. The molecule has 2 nitrogen and oxygen atoms in total. The lowest BCUT2D eigenvalue weighted by Gasteiger charge is -2.27. The molecule has 0 aliphatic rings. The second-order valence-corrected chi connectivity index (χ2v) is 3.98. The SMILES string of the molecule is CCN(CC(F)(F)F)c1cccc(F)c1[C@H](C)O. The molecule has 0 saturated carbocycles. The zero-order chi connectivity index (χ0) is 13.9. The maximum Gasteiger partial charge on any atom is 0.405 e. The predicted molar refractivity (Wildman–Crippen MR) is 61.0 cm³/mol. The minimum atomic E-state index is -4.38. The van der Waals surface area contributed by atoms with Gasteiger partial charge in [-0.1, -0.05) is 6.07 Å². The lowest BCUT2D eigenvalue weighted by Crippen LogP contribution is -2.35. The molecule has 0 aromatic heterocycles. The smallest absolute Gasteiger partial charge is 0.389 e. The molecule has 0 radical (unpaired) electrons. The Labute approximate surface area is 103 Å². The van der Waals surface area contributed by atoms with Gasteiger partial charge in [0.2, 0.25) is 0 Å². The normalized spacial score (nSPS) is 13.5. The van der Waals surface area contributed by atoms with Crippen LogP contribution >= 0.6 is 0 Å². The lowest BCUT2D eigenvalue weighted by atomic mass is 10.1. The van der Waals surface area contributed by atoms with Gasteiger partial charge in [0.15, 0.2) is 0 Å². The summed E-state index contributed by atoms with van der Waals surface area (Å²) in [6, 6.07) is 3.82. The van der Waals surface area contributed by atoms with E-state index in [0.717, 1.165) is 11.0 Å². The van der Waals surface area contributed by atoms with Crippen molar-refractivity contribution in [1.82, 2.24) is 0 Å². The fourth-order valence-corrected chi connectivity index (χ4v) is 1.80. The van der Waals surface area contributed by atoms with E-state index >= 15 is 0 Å². The fraction of sp³-hybridized carbons (Fsp3) is 0.500. The summed E-state index contributed by atoms with van der Waals surface area (Å²) in [6.07, 6.45) is -5.54. The first-order valence-electron chi connectivity index (χ1n) is 5.54. The summed E-state index contributed by atoms with van der Waals surface area (Å²) in [5.41, 5.74) is -0.0339. The molecule has 1 aromatic carbocycles. The number of hydrogen-bond donors (Lipinski definition) is 1. The Balaban J connectivity index is 3.17. The first-order chi connectivity index (χ1) is 8.26. The summed E-state index contributed by atoms with van der Waals surface area (Å²) in [4.78, 5) is 0.991. The van der Waals surface area contributed by atoms with E-state index in [2.05, 4.69) is 0 Å². The molecule has 0 heterocycles. The zero-order valence-corrected chi connectivity index (χ0v) is 10.1. The first-order valence-corrected chi connectivity index (χ1v) is 5.54. The van der Waals surface area contributed by atoms with Crippen molar-refractivity contribution in [1.29, 1.82) is 0 Å². The van der Waals surface area contributed by atoms with Crippen LogP contribution < -0.4 is 4.90 Å². The largest absolute Gasteiger partial charge is 0.405 e. The van der Waals surface area contributed by atoms with E-state index in [0.29, 0.717) is 0 Å². The minimum Gasteiger partial charge on any atom is -0.389 e. The van der Waals surface area contributed by atoms with Gasteiger partial charge in [0.1, 0.15) is 12.4 Å². The van der Waals surface area contributed by atoms with Crippen LogP contribution in [0.4, 0.5) is 23.2 Å². The standard InChI is InChI=1S/C12H15F4NO/c1-3-17(7-12(14,15)16)10-6-4-5-9(13)11(10)8(2)18/h4-6,8,18H,3,7H2,1-2H3/t8-/m0/s1. The van der Waals surface area contributed by atoms with E-state index in [1.165, 1.54) is 19.1 Å². The van der Waals surface area contributed by atoms with Crippen molar-refractivity contribution in [2.75, 3.05) is 18.0 Å².